The first-order chi connectivity index (χ1) is 16.1. The summed E-state index contributed by atoms with van der Waals surface area (Å²) in [6.07, 6.45) is -0.176. The first-order valence-corrected chi connectivity index (χ1v) is 9.95. The Hall–Kier alpha value is -4.55. The Balaban J connectivity index is 1.60. The van der Waals surface area contributed by atoms with Crippen molar-refractivity contribution in [3.05, 3.63) is 62.2 Å². The Morgan fingerprint density at radius 1 is 1.15 bits per heavy atom. The molecule has 1 fully saturated rings. The molecule has 3 rings (SSSR count). The number of hydrogen-bond donors (Lipinski definition) is 1. The third-order valence-electron chi connectivity index (χ3n) is 5.16. The van der Waals surface area contributed by atoms with E-state index in [9.17, 15) is 34.6 Å². The van der Waals surface area contributed by atoms with E-state index in [2.05, 4.69) is 5.32 Å². The molecule has 34 heavy (non-hydrogen) atoms. The maximum atomic E-state index is 12.5. The van der Waals surface area contributed by atoms with Gasteiger partial charge < -0.3 is 19.7 Å². The van der Waals surface area contributed by atoms with E-state index in [1.54, 1.807) is 6.92 Å². The van der Waals surface area contributed by atoms with Gasteiger partial charge in [0.15, 0.2) is 6.61 Å². The predicted molar refractivity (Wildman–Crippen MR) is 118 cm³/mol. The van der Waals surface area contributed by atoms with Gasteiger partial charge in [-0.15, -0.1) is 0 Å². The maximum absolute atomic E-state index is 12.5. The highest BCUT2D eigenvalue weighted by atomic mass is 16.6. The van der Waals surface area contributed by atoms with Crippen molar-refractivity contribution in [2.45, 2.75) is 13.3 Å². The molecular formula is C21H20N4O9. The number of methoxy groups -OCH3 is 1. The zero-order chi connectivity index (χ0) is 25.0. The van der Waals surface area contributed by atoms with Crippen LogP contribution in [0, 0.1) is 33.1 Å². The van der Waals surface area contributed by atoms with Crippen molar-refractivity contribution in [1.82, 2.24) is 0 Å². The van der Waals surface area contributed by atoms with Crippen molar-refractivity contribution in [1.29, 1.82) is 0 Å². The molecule has 13 nitrogen and oxygen atoms in total. The third kappa shape index (κ3) is 5.26. The number of nitrogens with zero attached hydrogens (tertiary/aromatic N) is 3. The van der Waals surface area contributed by atoms with Crippen molar-refractivity contribution in [2.75, 3.05) is 30.5 Å². The van der Waals surface area contributed by atoms with Gasteiger partial charge in [-0.2, -0.15) is 0 Å². The van der Waals surface area contributed by atoms with Gasteiger partial charge in [0.25, 0.3) is 17.3 Å². The lowest BCUT2D eigenvalue weighted by atomic mass is 10.1. The van der Waals surface area contributed by atoms with Gasteiger partial charge >= 0.3 is 5.97 Å². The second-order valence-electron chi connectivity index (χ2n) is 7.43. The van der Waals surface area contributed by atoms with Crippen LogP contribution in [0.25, 0.3) is 0 Å². The number of rotatable bonds is 8. The van der Waals surface area contributed by atoms with Crippen molar-refractivity contribution in [3.63, 3.8) is 0 Å². The quantitative estimate of drug-likeness (QED) is 0.344. The van der Waals surface area contributed by atoms with E-state index >= 15 is 0 Å². The summed E-state index contributed by atoms with van der Waals surface area (Å²) in [6, 6.07) is 7.90. The van der Waals surface area contributed by atoms with Gasteiger partial charge in [-0.3, -0.25) is 34.6 Å². The number of carbonyl (C=O) groups excluding carboxylic acids is 3. The number of aryl methyl sites for hydroxylation is 1. The molecule has 0 radical (unpaired) electrons. The van der Waals surface area contributed by atoms with Crippen LogP contribution in [-0.2, 0) is 19.1 Å². The highest BCUT2D eigenvalue weighted by molar-refractivity contribution is 6.01. The van der Waals surface area contributed by atoms with Crippen LogP contribution in [-0.4, -0.2) is 47.9 Å². The lowest BCUT2D eigenvalue weighted by Crippen LogP contribution is -2.28. The maximum Gasteiger partial charge on any atom is 0.311 e. The van der Waals surface area contributed by atoms with Gasteiger partial charge in [-0.05, 0) is 19.1 Å². The van der Waals surface area contributed by atoms with Gasteiger partial charge in [0.05, 0.1) is 34.6 Å². The molecule has 1 atom stereocenters. The Bertz CT molecular complexity index is 1180. The first kappa shape index (κ1) is 24.1. The number of nitro benzene ring substituents is 2. The molecule has 0 saturated carbocycles. The number of carbonyl (C=O) groups is 3. The van der Waals surface area contributed by atoms with Crippen LogP contribution in [0.3, 0.4) is 0 Å². The van der Waals surface area contributed by atoms with Crippen molar-refractivity contribution < 1.29 is 33.7 Å². The van der Waals surface area contributed by atoms with Crippen molar-refractivity contribution >= 4 is 40.5 Å². The minimum Gasteiger partial charge on any atom is -0.494 e. The summed E-state index contributed by atoms with van der Waals surface area (Å²) < 4.78 is 10.2. The van der Waals surface area contributed by atoms with Crippen LogP contribution in [0.4, 0.5) is 22.7 Å². The van der Waals surface area contributed by atoms with Crippen LogP contribution < -0.4 is 15.0 Å². The van der Waals surface area contributed by atoms with Gasteiger partial charge in [-0.1, -0.05) is 6.07 Å². The van der Waals surface area contributed by atoms with E-state index in [0.29, 0.717) is 5.56 Å². The van der Waals surface area contributed by atoms with Crippen molar-refractivity contribution in [2.24, 2.45) is 5.92 Å². The summed E-state index contributed by atoms with van der Waals surface area (Å²) >= 11 is 0. The fraction of sp³-hybridized carbons (Fsp3) is 0.286. The molecule has 2 aromatic rings. The molecule has 0 aromatic heterocycles. The monoisotopic (exact) mass is 472 g/mol. The molecule has 2 aromatic carbocycles. The second-order valence-corrected chi connectivity index (χ2v) is 7.43. The minimum absolute atomic E-state index is 0.0579. The van der Waals surface area contributed by atoms with E-state index in [-0.39, 0.29) is 41.5 Å². The fourth-order valence-electron chi connectivity index (χ4n) is 3.44. The largest absolute Gasteiger partial charge is 0.494 e. The Morgan fingerprint density at radius 2 is 1.88 bits per heavy atom. The minimum atomic E-state index is -0.860. The van der Waals surface area contributed by atoms with Gasteiger partial charge in [-0.25, -0.2) is 0 Å². The van der Waals surface area contributed by atoms with Gasteiger partial charge in [0, 0.05) is 36.3 Å². The number of hydrogen-bond acceptors (Lipinski definition) is 9. The van der Waals surface area contributed by atoms with Crippen LogP contribution >= 0.6 is 0 Å². The summed E-state index contributed by atoms with van der Waals surface area (Å²) in [6.45, 7) is 0.855. The number of benzene rings is 2. The molecule has 0 unspecified atom stereocenters. The number of amides is 2. The smallest absolute Gasteiger partial charge is 0.311 e. The number of ether oxygens (including phenoxy) is 2. The third-order valence-corrected chi connectivity index (χ3v) is 5.16. The average Bonchev–Trinajstić information content (AvgIpc) is 3.19. The Morgan fingerprint density at radius 3 is 2.53 bits per heavy atom. The standard InChI is InChI=1S/C21H20N4O9/c1-12-3-4-14(8-17(12)25(31)32)22-19(26)11-34-21(28)13-7-20(27)23(10-13)16-6-5-15(24(29)30)9-18(16)33-2/h3-6,8-9,13H,7,10-11H2,1-2H3,(H,22,26)/t13-/m1/s1. The lowest BCUT2D eigenvalue weighted by Gasteiger charge is -2.19. The molecule has 2 amide bonds. The zero-order valence-electron chi connectivity index (χ0n) is 18.2. The molecule has 0 bridgehead atoms. The van der Waals surface area contributed by atoms with E-state index in [1.807, 2.05) is 0 Å². The summed E-state index contributed by atoms with van der Waals surface area (Å²) in [5, 5.41) is 24.4. The molecule has 1 N–H and O–H groups in total. The Labute approximate surface area is 192 Å². The molecule has 178 valence electrons. The van der Waals surface area contributed by atoms with Crippen molar-refractivity contribution in [3.8, 4) is 5.75 Å². The molecule has 1 aliphatic rings. The molecular weight excluding hydrogens is 452 g/mol. The summed E-state index contributed by atoms with van der Waals surface area (Å²) in [4.78, 5) is 59.1. The number of esters is 1. The zero-order valence-corrected chi connectivity index (χ0v) is 18.2. The molecule has 1 heterocycles. The normalized spacial score (nSPS) is 15.1. The first-order valence-electron chi connectivity index (χ1n) is 9.95. The van der Waals surface area contributed by atoms with Gasteiger partial charge in [0.2, 0.25) is 5.91 Å². The van der Waals surface area contributed by atoms with E-state index in [4.69, 9.17) is 9.47 Å². The molecule has 0 aliphatic carbocycles. The molecule has 1 saturated heterocycles. The topological polar surface area (TPSA) is 171 Å². The SMILES string of the molecule is COc1cc([N+](=O)[O-])ccc1N1C[C@H](C(=O)OCC(=O)Nc2ccc(C)c([N+](=O)[O-])c2)CC1=O. The molecule has 1 aliphatic heterocycles. The summed E-state index contributed by atoms with van der Waals surface area (Å²) in [5.74, 6) is -2.65. The van der Waals surface area contributed by atoms with Gasteiger partial charge in [0.1, 0.15) is 5.75 Å². The number of anilines is 2. The van der Waals surface area contributed by atoms with Crippen LogP contribution in [0.5, 0.6) is 5.75 Å². The second kappa shape index (κ2) is 9.94. The Kier molecular flexibility index (Phi) is 7.04. The highest BCUT2D eigenvalue weighted by Crippen LogP contribution is 2.36. The van der Waals surface area contributed by atoms with Crippen LogP contribution in [0.15, 0.2) is 36.4 Å². The van der Waals surface area contributed by atoms with E-state index in [0.717, 1.165) is 0 Å². The highest BCUT2D eigenvalue weighted by Gasteiger charge is 2.37. The predicted octanol–water partition coefficient (Wildman–Crippen LogP) is 2.35. The molecule has 0 spiro atoms. The van der Waals surface area contributed by atoms with Crippen LogP contribution in [0.1, 0.15) is 12.0 Å². The van der Waals surface area contributed by atoms with Crippen LogP contribution in [0.2, 0.25) is 0 Å². The number of nitro groups is 2. The molecule has 13 heteroatoms. The van der Waals surface area contributed by atoms with E-state index < -0.39 is 40.2 Å². The average molecular weight is 472 g/mol. The lowest BCUT2D eigenvalue weighted by molar-refractivity contribution is -0.385. The number of nitrogens with one attached hydrogen (secondary N) is 1. The fourth-order valence-corrected chi connectivity index (χ4v) is 3.44. The summed E-state index contributed by atoms with van der Waals surface area (Å²) in [5.41, 5.74) is 0.488. The number of non-ortho nitro benzene ring substituents is 1. The summed E-state index contributed by atoms with van der Waals surface area (Å²) in [7, 11) is 1.30. The van der Waals surface area contributed by atoms with E-state index in [1.165, 1.54) is 48.4 Å².